The first-order chi connectivity index (χ1) is 8.70. The molecule has 2 rings (SSSR count). The van der Waals surface area contributed by atoms with E-state index in [1.807, 2.05) is 6.07 Å². The van der Waals surface area contributed by atoms with Gasteiger partial charge in [-0.25, -0.2) is 0 Å². The Labute approximate surface area is 110 Å². The molecule has 1 aromatic carbocycles. The number of hydrogen-bond donors (Lipinski definition) is 1. The molecule has 1 unspecified atom stereocenters. The highest BCUT2D eigenvalue weighted by Crippen LogP contribution is 2.26. The van der Waals surface area contributed by atoms with Crippen LogP contribution in [-0.4, -0.2) is 38.2 Å². The summed E-state index contributed by atoms with van der Waals surface area (Å²) in [6.45, 7) is 4.32. The van der Waals surface area contributed by atoms with Crippen molar-refractivity contribution in [1.82, 2.24) is 4.90 Å². The first-order valence-electron chi connectivity index (χ1n) is 6.79. The molecule has 0 aromatic heterocycles. The Morgan fingerprint density at radius 2 is 2.22 bits per heavy atom. The van der Waals surface area contributed by atoms with E-state index in [9.17, 15) is 0 Å². The number of rotatable bonds is 4. The van der Waals surface area contributed by atoms with E-state index in [0.29, 0.717) is 6.04 Å². The van der Waals surface area contributed by atoms with Crippen LogP contribution in [-0.2, 0) is 0 Å². The van der Waals surface area contributed by atoms with Crippen LogP contribution >= 0.6 is 0 Å². The second-order valence-electron chi connectivity index (χ2n) is 5.21. The van der Waals surface area contributed by atoms with Gasteiger partial charge in [-0.2, -0.15) is 0 Å². The molecule has 0 bridgehead atoms. The summed E-state index contributed by atoms with van der Waals surface area (Å²) in [6, 6.07) is 6.91. The predicted molar refractivity (Wildman–Crippen MR) is 76.5 cm³/mol. The van der Waals surface area contributed by atoms with E-state index in [1.165, 1.54) is 31.4 Å². The topological polar surface area (TPSA) is 24.5 Å². The summed E-state index contributed by atoms with van der Waals surface area (Å²) in [4.78, 5) is 2.46. The molecule has 0 radical (unpaired) electrons. The molecule has 1 N–H and O–H groups in total. The minimum atomic E-state index is 0.643. The summed E-state index contributed by atoms with van der Waals surface area (Å²) in [5.74, 6) is 0.930. The van der Waals surface area contributed by atoms with Gasteiger partial charge in [0, 0.05) is 12.6 Å². The third-order valence-electron chi connectivity index (χ3n) is 3.80. The van der Waals surface area contributed by atoms with Gasteiger partial charge in [0.25, 0.3) is 0 Å². The Morgan fingerprint density at radius 3 is 2.94 bits per heavy atom. The minimum absolute atomic E-state index is 0.643. The number of ether oxygens (including phenoxy) is 1. The van der Waals surface area contributed by atoms with E-state index in [2.05, 4.69) is 36.3 Å². The Morgan fingerprint density at radius 1 is 1.39 bits per heavy atom. The lowest BCUT2D eigenvalue weighted by atomic mass is 10.0. The fraction of sp³-hybridized carbons (Fsp3) is 0.600. The summed E-state index contributed by atoms with van der Waals surface area (Å²) in [5.41, 5.74) is 2.37. The van der Waals surface area contributed by atoms with Crippen molar-refractivity contribution < 1.29 is 4.74 Å². The highest BCUT2D eigenvalue weighted by Gasteiger charge is 2.18. The lowest BCUT2D eigenvalue weighted by Gasteiger charge is -2.32. The van der Waals surface area contributed by atoms with Crippen LogP contribution in [0, 0.1) is 6.92 Å². The number of likely N-dealkylation sites (N-methyl/N-ethyl adjacent to an activating group) is 1. The molecule has 1 aliphatic heterocycles. The van der Waals surface area contributed by atoms with Gasteiger partial charge in [-0.3, -0.25) is 0 Å². The summed E-state index contributed by atoms with van der Waals surface area (Å²) in [6.07, 6.45) is 3.97. The third kappa shape index (κ3) is 3.16. The number of likely N-dealkylation sites (tertiary alicyclic amines) is 1. The maximum Gasteiger partial charge on any atom is 0.141 e. The molecule has 18 heavy (non-hydrogen) atoms. The molecule has 3 heteroatoms. The second kappa shape index (κ2) is 6.10. The Bertz CT molecular complexity index is 392. The number of aryl methyl sites for hydroxylation is 1. The largest absolute Gasteiger partial charge is 0.495 e. The monoisotopic (exact) mass is 248 g/mol. The van der Waals surface area contributed by atoms with Crippen LogP contribution in [0.15, 0.2) is 18.2 Å². The van der Waals surface area contributed by atoms with E-state index in [-0.39, 0.29) is 0 Å². The molecule has 1 fully saturated rings. The number of methoxy groups -OCH3 is 1. The van der Waals surface area contributed by atoms with Gasteiger partial charge < -0.3 is 15.0 Å². The molecule has 1 atom stereocenters. The maximum atomic E-state index is 5.39. The minimum Gasteiger partial charge on any atom is -0.495 e. The quantitative estimate of drug-likeness (QED) is 0.886. The molecular weight excluding hydrogens is 224 g/mol. The van der Waals surface area contributed by atoms with E-state index in [0.717, 1.165) is 18.0 Å². The van der Waals surface area contributed by atoms with Crippen molar-refractivity contribution in [2.24, 2.45) is 0 Å². The van der Waals surface area contributed by atoms with Gasteiger partial charge >= 0.3 is 0 Å². The number of hydrogen-bond acceptors (Lipinski definition) is 3. The molecular formula is C15H24N2O. The van der Waals surface area contributed by atoms with Gasteiger partial charge in [-0.1, -0.05) is 12.5 Å². The second-order valence-corrected chi connectivity index (χ2v) is 5.21. The summed E-state index contributed by atoms with van der Waals surface area (Å²) in [5, 5.41) is 3.54. The molecule has 1 aliphatic rings. The molecule has 1 saturated heterocycles. The van der Waals surface area contributed by atoms with Gasteiger partial charge in [-0.15, -0.1) is 0 Å². The van der Waals surface area contributed by atoms with Crippen LogP contribution in [0.5, 0.6) is 5.75 Å². The Hall–Kier alpha value is -1.22. The van der Waals surface area contributed by atoms with Crippen LogP contribution in [0.25, 0.3) is 0 Å². The third-order valence-corrected chi connectivity index (χ3v) is 3.80. The smallest absolute Gasteiger partial charge is 0.141 e. The van der Waals surface area contributed by atoms with Crippen molar-refractivity contribution in [2.75, 3.05) is 32.6 Å². The highest BCUT2D eigenvalue weighted by atomic mass is 16.5. The molecule has 3 nitrogen and oxygen atoms in total. The zero-order valence-corrected chi connectivity index (χ0v) is 11.7. The van der Waals surface area contributed by atoms with Crippen molar-refractivity contribution in [3.8, 4) is 5.75 Å². The fourth-order valence-corrected chi connectivity index (χ4v) is 2.59. The first-order valence-corrected chi connectivity index (χ1v) is 6.79. The van der Waals surface area contributed by atoms with E-state index < -0.39 is 0 Å². The molecule has 0 aliphatic carbocycles. The standard InChI is InChI=1S/C15H24N2O/c1-12-7-8-15(18-3)14(10-12)16-11-13-6-4-5-9-17(13)2/h7-8,10,13,16H,4-6,9,11H2,1-3H3. The SMILES string of the molecule is COc1ccc(C)cc1NCC1CCCCN1C. The molecule has 0 spiro atoms. The highest BCUT2D eigenvalue weighted by molar-refractivity contribution is 5.58. The Kier molecular flexibility index (Phi) is 4.48. The van der Waals surface area contributed by atoms with Gasteiger partial charge in [0.1, 0.15) is 5.75 Å². The summed E-state index contributed by atoms with van der Waals surface area (Å²) < 4.78 is 5.39. The van der Waals surface area contributed by atoms with Crippen molar-refractivity contribution >= 4 is 5.69 Å². The van der Waals surface area contributed by atoms with Crippen molar-refractivity contribution in [1.29, 1.82) is 0 Å². The normalized spacial score (nSPS) is 20.7. The number of benzene rings is 1. The average Bonchev–Trinajstić information content (AvgIpc) is 2.38. The van der Waals surface area contributed by atoms with E-state index >= 15 is 0 Å². The van der Waals surface area contributed by atoms with Crippen LogP contribution in [0.1, 0.15) is 24.8 Å². The van der Waals surface area contributed by atoms with Crippen molar-refractivity contribution in [3.05, 3.63) is 23.8 Å². The molecule has 0 saturated carbocycles. The number of nitrogens with one attached hydrogen (secondary N) is 1. The van der Waals surface area contributed by atoms with Gasteiger partial charge in [-0.05, 0) is 51.1 Å². The molecule has 1 heterocycles. The zero-order valence-electron chi connectivity index (χ0n) is 11.7. The van der Waals surface area contributed by atoms with Crippen molar-refractivity contribution in [2.45, 2.75) is 32.2 Å². The van der Waals surface area contributed by atoms with Crippen LogP contribution in [0.2, 0.25) is 0 Å². The summed E-state index contributed by atoms with van der Waals surface area (Å²) in [7, 11) is 3.95. The van der Waals surface area contributed by atoms with Gasteiger partial charge in [0.05, 0.1) is 12.8 Å². The lowest BCUT2D eigenvalue weighted by Crippen LogP contribution is -2.40. The average molecular weight is 248 g/mol. The Balaban J connectivity index is 1.98. The molecule has 0 amide bonds. The molecule has 100 valence electrons. The molecule has 1 aromatic rings. The lowest BCUT2D eigenvalue weighted by molar-refractivity contribution is 0.194. The number of piperidine rings is 1. The van der Waals surface area contributed by atoms with Crippen LogP contribution < -0.4 is 10.1 Å². The predicted octanol–water partition coefficient (Wildman–Crippen LogP) is 2.90. The van der Waals surface area contributed by atoms with Crippen LogP contribution in [0.3, 0.4) is 0 Å². The van der Waals surface area contributed by atoms with Gasteiger partial charge in [0.2, 0.25) is 0 Å². The van der Waals surface area contributed by atoms with Gasteiger partial charge in [0.15, 0.2) is 0 Å². The van der Waals surface area contributed by atoms with Crippen LogP contribution in [0.4, 0.5) is 5.69 Å². The fourth-order valence-electron chi connectivity index (χ4n) is 2.59. The van der Waals surface area contributed by atoms with E-state index in [1.54, 1.807) is 7.11 Å². The number of anilines is 1. The first kappa shape index (κ1) is 13.2. The number of nitrogens with zero attached hydrogens (tertiary/aromatic N) is 1. The zero-order chi connectivity index (χ0) is 13.0. The van der Waals surface area contributed by atoms with E-state index in [4.69, 9.17) is 4.74 Å². The summed E-state index contributed by atoms with van der Waals surface area (Å²) >= 11 is 0. The maximum absolute atomic E-state index is 5.39. The van der Waals surface area contributed by atoms with Crippen molar-refractivity contribution in [3.63, 3.8) is 0 Å².